The average molecular weight is 304 g/mol. The number of benzene rings is 2. The summed E-state index contributed by atoms with van der Waals surface area (Å²) in [6, 6.07) is 13.8. The summed E-state index contributed by atoms with van der Waals surface area (Å²) in [7, 11) is 0. The van der Waals surface area contributed by atoms with E-state index in [1.807, 2.05) is 36.4 Å². The number of para-hydroxylation sites is 1. The minimum atomic E-state index is 0.198. The Labute approximate surface area is 115 Å². The Balaban J connectivity index is 2.40. The van der Waals surface area contributed by atoms with Gasteiger partial charge in [0.25, 0.3) is 0 Å². The van der Waals surface area contributed by atoms with Crippen LogP contribution in [0.2, 0.25) is 0 Å². The zero-order valence-electron chi connectivity index (χ0n) is 10.4. The van der Waals surface area contributed by atoms with Gasteiger partial charge >= 0.3 is 115 Å². The van der Waals surface area contributed by atoms with Crippen LogP contribution in [0.15, 0.2) is 42.5 Å². The number of aliphatic hydroxyl groups is 1. The first-order valence-corrected chi connectivity index (χ1v) is 6.61. The van der Waals surface area contributed by atoms with E-state index in [-0.39, 0.29) is 4.60 Å². The fourth-order valence-electron chi connectivity index (χ4n) is 1.81. The molecule has 0 unspecified atom stereocenters. The van der Waals surface area contributed by atoms with Crippen molar-refractivity contribution in [1.29, 1.82) is 0 Å². The van der Waals surface area contributed by atoms with E-state index in [9.17, 15) is 5.11 Å². The van der Waals surface area contributed by atoms with Crippen LogP contribution >= 0.6 is 0 Å². The standard InChI is InChI=1S/C15H15NOSe/c1-10-6-5-9-13(11(10)2)16-14-8-4-3-7-12(14)15(17)18/h3-9,16H,1-2H3,(H,17,18). The van der Waals surface area contributed by atoms with Crippen molar-refractivity contribution in [2.45, 2.75) is 13.8 Å². The van der Waals surface area contributed by atoms with E-state index in [2.05, 4.69) is 40.8 Å². The molecule has 2 aromatic rings. The summed E-state index contributed by atoms with van der Waals surface area (Å²) < 4.78 is 0.198. The molecule has 0 aliphatic carbocycles. The van der Waals surface area contributed by atoms with Crippen LogP contribution in [0.5, 0.6) is 0 Å². The first-order valence-electron chi connectivity index (χ1n) is 5.75. The van der Waals surface area contributed by atoms with Crippen LogP contribution in [0.25, 0.3) is 0 Å². The molecule has 0 aliphatic rings. The van der Waals surface area contributed by atoms with Gasteiger partial charge in [-0.05, 0) is 0 Å². The van der Waals surface area contributed by atoms with E-state index in [0.717, 1.165) is 16.9 Å². The summed E-state index contributed by atoms with van der Waals surface area (Å²) in [6.45, 7) is 4.17. The van der Waals surface area contributed by atoms with E-state index in [4.69, 9.17) is 0 Å². The predicted molar refractivity (Wildman–Crippen MR) is 77.4 cm³/mol. The second-order valence-corrected chi connectivity index (χ2v) is 5.03. The molecule has 0 aromatic heterocycles. The van der Waals surface area contributed by atoms with Crippen molar-refractivity contribution in [3.8, 4) is 0 Å². The molecule has 18 heavy (non-hydrogen) atoms. The first-order chi connectivity index (χ1) is 8.59. The molecule has 0 aliphatic heterocycles. The van der Waals surface area contributed by atoms with Gasteiger partial charge in [-0.1, -0.05) is 0 Å². The van der Waals surface area contributed by atoms with Crippen LogP contribution in [-0.4, -0.2) is 25.3 Å². The average Bonchev–Trinajstić information content (AvgIpc) is 2.35. The molecule has 2 aromatic carbocycles. The number of hydrogen-bond acceptors (Lipinski definition) is 2. The van der Waals surface area contributed by atoms with Gasteiger partial charge in [0.2, 0.25) is 0 Å². The number of anilines is 2. The van der Waals surface area contributed by atoms with Crippen molar-refractivity contribution < 1.29 is 5.11 Å². The molecule has 0 amide bonds. The number of hydrogen-bond donors (Lipinski definition) is 2. The van der Waals surface area contributed by atoms with Gasteiger partial charge in [-0.3, -0.25) is 0 Å². The zero-order valence-corrected chi connectivity index (χ0v) is 12.1. The molecular formula is C15H15NOSe. The van der Waals surface area contributed by atoms with Gasteiger partial charge < -0.3 is 0 Å². The third kappa shape index (κ3) is 2.63. The van der Waals surface area contributed by atoms with Crippen LogP contribution < -0.4 is 5.32 Å². The van der Waals surface area contributed by atoms with E-state index < -0.39 is 0 Å². The van der Waals surface area contributed by atoms with E-state index in [1.54, 1.807) is 0 Å². The molecule has 0 saturated heterocycles. The summed E-state index contributed by atoms with van der Waals surface area (Å²) >= 11 is 2.64. The molecule has 0 spiro atoms. The summed E-state index contributed by atoms with van der Waals surface area (Å²) in [5, 5.41) is 13.0. The molecule has 92 valence electrons. The summed E-state index contributed by atoms with van der Waals surface area (Å²) in [4.78, 5) is 0. The Hall–Kier alpha value is -1.57. The minimum absolute atomic E-state index is 0.198. The van der Waals surface area contributed by atoms with E-state index in [1.165, 1.54) is 11.1 Å². The molecule has 0 heterocycles. The monoisotopic (exact) mass is 305 g/mol. The fourth-order valence-corrected chi connectivity index (χ4v) is 2.18. The quantitative estimate of drug-likeness (QED) is 0.854. The Morgan fingerprint density at radius 1 is 1.00 bits per heavy atom. The van der Waals surface area contributed by atoms with Crippen LogP contribution in [0.4, 0.5) is 11.4 Å². The van der Waals surface area contributed by atoms with Crippen molar-refractivity contribution in [2.75, 3.05) is 5.32 Å². The first kappa shape index (κ1) is 12.9. The number of aliphatic hydroxyl groups excluding tert-OH is 1. The second-order valence-electron chi connectivity index (χ2n) is 4.22. The van der Waals surface area contributed by atoms with Crippen molar-refractivity contribution in [3.05, 3.63) is 59.2 Å². The van der Waals surface area contributed by atoms with E-state index >= 15 is 0 Å². The molecule has 2 nitrogen and oxygen atoms in total. The third-order valence-electron chi connectivity index (χ3n) is 3.03. The summed E-state index contributed by atoms with van der Waals surface area (Å²) in [5.74, 6) is 0. The van der Waals surface area contributed by atoms with Gasteiger partial charge in [-0.2, -0.15) is 0 Å². The Kier molecular flexibility index (Phi) is 3.85. The van der Waals surface area contributed by atoms with Crippen LogP contribution in [0, 0.1) is 13.8 Å². The molecule has 2 rings (SSSR count). The fraction of sp³-hybridized carbons (Fsp3) is 0.133. The molecular weight excluding hydrogens is 289 g/mol. The van der Waals surface area contributed by atoms with Crippen molar-refractivity contribution >= 4 is 31.6 Å². The molecule has 0 bridgehead atoms. The number of nitrogens with one attached hydrogen (secondary N) is 1. The van der Waals surface area contributed by atoms with Crippen molar-refractivity contribution in [1.82, 2.24) is 0 Å². The Morgan fingerprint density at radius 2 is 1.67 bits per heavy atom. The van der Waals surface area contributed by atoms with Gasteiger partial charge in [-0.15, -0.1) is 0 Å². The summed E-state index contributed by atoms with van der Waals surface area (Å²) in [5.41, 5.74) is 5.19. The zero-order chi connectivity index (χ0) is 13.1. The summed E-state index contributed by atoms with van der Waals surface area (Å²) in [6.07, 6.45) is 0. The number of aryl methyl sites for hydroxylation is 1. The topological polar surface area (TPSA) is 32.3 Å². The van der Waals surface area contributed by atoms with Gasteiger partial charge in [-0.25, -0.2) is 0 Å². The second kappa shape index (κ2) is 5.38. The van der Waals surface area contributed by atoms with Crippen LogP contribution in [0.1, 0.15) is 16.7 Å². The van der Waals surface area contributed by atoms with Gasteiger partial charge in [0, 0.05) is 0 Å². The maximum absolute atomic E-state index is 9.63. The number of rotatable bonds is 3. The predicted octanol–water partition coefficient (Wildman–Crippen LogP) is 3.07. The SMILES string of the molecule is Cc1cccc(Nc2ccccc2C(O)=[Se])c1C. The van der Waals surface area contributed by atoms with Gasteiger partial charge in [0.05, 0.1) is 0 Å². The molecule has 0 fully saturated rings. The van der Waals surface area contributed by atoms with Crippen molar-refractivity contribution in [3.63, 3.8) is 0 Å². The van der Waals surface area contributed by atoms with Crippen LogP contribution in [-0.2, 0) is 0 Å². The molecule has 2 N–H and O–H groups in total. The third-order valence-corrected chi connectivity index (χ3v) is 3.49. The molecule has 0 radical (unpaired) electrons. The normalized spacial score (nSPS) is 10.1. The van der Waals surface area contributed by atoms with Crippen molar-refractivity contribution in [2.24, 2.45) is 0 Å². The Bertz CT molecular complexity index is 593. The van der Waals surface area contributed by atoms with Gasteiger partial charge in [0.1, 0.15) is 0 Å². The molecule has 3 heteroatoms. The molecule has 0 atom stereocenters. The van der Waals surface area contributed by atoms with E-state index in [0.29, 0.717) is 0 Å². The van der Waals surface area contributed by atoms with Gasteiger partial charge in [0.15, 0.2) is 0 Å². The van der Waals surface area contributed by atoms with Crippen LogP contribution in [0.3, 0.4) is 0 Å². The molecule has 0 saturated carbocycles. The Morgan fingerprint density at radius 3 is 2.39 bits per heavy atom. The maximum atomic E-state index is 9.63.